The van der Waals surface area contributed by atoms with E-state index in [4.69, 9.17) is 0 Å². The van der Waals surface area contributed by atoms with Gasteiger partial charge in [0.1, 0.15) is 0 Å². The normalized spacial score (nSPS) is 12.3. The summed E-state index contributed by atoms with van der Waals surface area (Å²) in [6.07, 6.45) is 47.3. The molecule has 0 rings (SSSR count). The lowest BCUT2D eigenvalue weighted by Gasteiger charge is -2.05. The van der Waals surface area contributed by atoms with E-state index in [1.165, 1.54) is 134 Å². The largest absolute Gasteiger partial charge is 0.0999 e. The van der Waals surface area contributed by atoms with E-state index >= 15 is 0 Å². The predicted molar refractivity (Wildman–Crippen MR) is 159 cm³/mol. The standard InChI is InChI=1S/C34H60/c1-4-6-8-10-12-14-16-18-20-22-24-26-28-30-32-34(3)33-31-29-27-25-23-21-19-17-15-13-11-9-7-5-2/h12-15,18-21H,3-11,16-17,22-33H2,1-2H3/b14-12-,15-13-,20-18-,21-19-. The summed E-state index contributed by atoms with van der Waals surface area (Å²) in [5.74, 6) is 0. The van der Waals surface area contributed by atoms with Crippen molar-refractivity contribution in [3.8, 4) is 0 Å². The molecular weight excluding hydrogens is 408 g/mol. The summed E-state index contributed by atoms with van der Waals surface area (Å²) >= 11 is 0. The third-order valence-electron chi connectivity index (χ3n) is 6.46. The molecule has 0 N–H and O–H groups in total. The van der Waals surface area contributed by atoms with Gasteiger partial charge in [-0.25, -0.2) is 0 Å². The first-order valence-corrected chi connectivity index (χ1v) is 15.1. The highest BCUT2D eigenvalue weighted by Gasteiger charge is 1.97. The molecule has 0 radical (unpaired) electrons. The van der Waals surface area contributed by atoms with Crippen LogP contribution in [0.25, 0.3) is 0 Å². The quantitative estimate of drug-likeness (QED) is 0.0874. The van der Waals surface area contributed by atoms with Crippen molar-refractivity contribution in [2.24, 2.45) is 0 Å². The summed E-state index contributed by atoms with van der Waals surface area (Å²) in [5, 5.41) is 0. The van der Waals surface area contributed by atoms with Crippen LogP contribution in [0.2, 0.25) is 0 Å². The van der Waals surface area contributed by atoms with E-state index in [1.54, 1.807) is 0 Å². The molecule has 0 saturated carbocycles. The van der Waals surface area contributed by atoms with Gasteiger partial charge < -0.3 is 0 Å². The molecule has 0 nitrogen and oxygen atoms in total. The molecule has 0 unspecified atom stereocenters. The Morgan fingerprint density at radius 3 is 1.09 bits per heavy atom. The minimum atomic E-state index is 1.11. The maximum absolute atomic E-state index is 4.32. The lowest BCUT2D eigenvalue weighted by Crippen LogP contribution is -1.86. The van der Waals surface area contributed by atoms with Crippen molar-refractivity contribution in [1.82, 2.24) is 0 Å². The molecule has 0 aliphatic carbocycles. The third kappa shape index (κ3) is 28.7. The minimum Gasteiger partial charge on any atom is -0.0999 e. The highest BCUT2D eigenvalue weighted by Crippen LogP contribution is 2.16. The molecule has 196 valence electrons. The first-order chi connectivity index (χ1) is 16.8. The van der Waals surface area contributed by atoms with Gasteiger partial charge in [0.2, 0.25) is 0 Å². The molecule has 0 aliphatic heterocycles. The summed E-state index contributed by atoms with van der Waals surface area (Å²) in [6.45, 7) is 8.85. The third-order valence-corrected chi connectivity index (χ3v) is 6.46. The van der Waals surface area contributed by atoms with Crippen molar-refractivity contribution >= 4 is 0 Å². The zero-order chi connectivity index (χ0) is 24.8. The fourth-order valence-corrected chi connectivity index (χ4v) is 4.14. The zero-order valence-electron chi connectivity index (χ0n) is 23.4. The molecule has 34 heavy (non-hydrogen) atoms. The van der Waals surface area contributed by atoms with Crippen LogP contribution in [-0.4, -0.2) is 0 Å². The fourth-order valence-electron chi connectivity index (χ4n) is 4.14. The number of allylic oxidation sites excluding steroid dienone is 9. The van der Waals surface area contributed by atoms with Crippen LogP contribution in [0, 0.1) is 0 Å². The maximum atomic E-state index is 4.32. The van der Waals surface area contributed by atoms with Crippen LogP contribution in [0.1, 0.15) is 155 Å². The van der Waals surface area contributed by atoms with Crippen molar-refractivity contribution in [2.45, 2.75) is 155 Å². The van der Waals surface area contributed by atoms with Crippen LogP contribution in [0.15, 0.2) is 60.8 Å². The SMILES string of the molecule is C=C(CCCCCC/C=C\C/C=C\CCCCC)CCCCCC/C=C\C/C=C\CCCCC. The van der Waals surface area contributed by atoms with E-state index in [2.05, 4.69) is 69.0 Å². The Kier molecular flexibility index (Phi) is 28.6. The van der Waals surface area contributed by atoms with Gasteiger partial charge in [-0.05, 0) is 89.9 Å². The van der Waals surface area contributed by atoms with Crippen LogP contribution >= 0.6 is 0 Å². The van der Waals surface area contributed by atoms with Crippen LogP contribution in [0.5, 0.6) is 0 Å². The van der Waals surface area contributed by atoms with E-state index in [-0.39, 0.29) is 0 Å². The molecule has 0 fully saturated rings. The molecule has 0 heterocycles. The number of hydrogen-bond acceptors (Lipinski definition) is 0. The van der Waals surface area contributed by atoms with E-state index in [0.29, 0.717) is 0 Å². The maximum Gasteiger partial charge on any atom is -0.0169 e. The second kappa shape index (κ2) is 29.7. The van der Waals surface area contributed by atoms with Gasteiger partial charge in [0.25, 0.3) is 0 Å². The number of rotatable bonds is 26. The Balaban J connectivity index is 3.34. The Hall–Kier alpha value is -1.30. The molecule has 0 aromatic heterocycles. The van der Waals surface area contributed by atoms with Crippen LogP contribution in [-0.2, 0) is 0 Å². The van der Waals surface area contributed by atoms with Gasteiger partial charge in [0.05, 0.1) is 0 Å². The van der Waals surface area contributed by atoms with Gasteiger partial charge in [0.15, 0.2) is 0 Å². The van der Waals surface area contributed by atoms with E-state index in [1.807, 2.05) is 0 Å². The summed E-state index contributed by atoms with van der Waals surface area (Å²) in [6, 6.07) is 0. The fraction of sp³-hybridized carbons (Fsp3) is 0.706. The Morgan fingerprint density at radius 2 is 0.735 bits per heavy atom. The van der Waals surface area contributed by atoms with Gasteiger partial charge in [-0.15, -0.1) is 0 Å². The summed E-state index contributed by atoms with van der Waals surface area (Å²) in [7, 11) is 0. The van der Waals surface area contributed by atoms with Crippen molar-refractivity contribution in [3.63, 3.8) is 0 Å². The van der Waals surface area contributed by atoms with Crippen molar-refractivity contribution in [1.29, 1.82) is 0 Å². The second-order valence-electron chi connectivity index (χ2n) is 10.0. The summed E-state index contributed by atoms with van der Waals surface area (Å²) < 4.78 is 0. The van der Waals surface area contributed by atoms with Gasteiger partial charge >= 0.3 is 0 Å². The molecule has 0 aliphatic rings. The Morgan fingerprint density at radius 1 is 0.412 bits per heavy atom. The smallest absolute Gasteiger partial charge is 0.0169 e. The van der Waals surface area contributed by atoms with Crippen LogP contribution in [0.3, 0.4) is 0 Å². The number of unbranched alkanes of at least 4 members (excludes halogenated alkanes) is 14. The van der Waals surface area contributed by atoms with Crippen molar-refractivity contribution in [3.05, 3.63) is 60.8 Å². The summed E-state index contributed by atoms with van der Waals surface area (Å²) in [4.78, 5) is 0. The molecule has 0 aromatic rings. The topological polar surface area (TPSA) is 0 Å². The van der Waals surface area contributed by atoms with Gasteiger partial charge in [-0.3, -0.25) is 0 Å². The monoisotopic (exact) mass is 468 g/mol. The van der Waals surface area contributed by atoms with Gasteiger partial charge in [-0.1, -0.05) is 126 Å². The van der Waals surface area contributed by atoms with E-state index in [0.717, 1.165) is 12.8 Å². The van der Waals surface area contributed by atoms with E-state index < -0.39 is 0 Å². The lowest BCUT2D eigenvalue weighted by atomic mass is 10.0. The Bertz CT molecular complexity index is 470. The second-order valence-corrected chi connectivity index (χ2v) is 10.0. The molecule has 0 atom stereocenters. The molecule has 0 heteroatoms. The number of hydrogen-bond donors (Lipinski definition) is 0. The van der Waals surface area contributed by atoms with Crippen molar-refractivity contribution in [2.75, 3.05) is 0 Å². The highest BCUT2D eigenvalue weighted by molar-refractivity contribution is 4.95. The molecular formula is C34H60. The predicted octanol–water partition coefficient (Wildman–Crippen LogP) is 12.4. The van der Waals surface area contributed by atoms with E-state index in [9.17, 15) is 0 Å². The van der Waals surface area contributed by atoms with Gasteiger partial charge in [-0.2, -0.15) is 0 Å². The highest BCUT2D eigenvalue weighted by atomic mass is 14.0. The van der Waals surface area contributed by atoms with Crippen LogP contribution < -0.4 is 0 Å². The molecule has 0 bridgehead atoms. The van der Waals surface area contributed by atoms with Crippen LogP contribution in [0.4, 0.5) is 0 Å². The lowest BCUT2D eigenvalue weighted by molar-refractivity contribution is 0.611. The molecule has 0 saturated heterocycles. The zero-order valence-corrected chi connectivity index (χ0v) is 23.4. The Labute approximate surface area is 215 Å². The molecule has 0 spiro atoms. The van der Waals surface area contributed by atoms with Crippen molar-refractivity contribution < 1.29 is 0 Å². The average molecular weight is 469 g/mol. The average Bonchev–Trinajstić information content (AvgIpc) is 2.84. The van der Waals surface area contributed by atoms with Gasteiger partial charge in [0, 0.05) is 0 Å². The molecule has 0 aromatic carbocycles. The molecule has 0 amide bonds. The minimum absolute atomic E-state index is 1.11. The first-order valence-electron chi connectivity index (χ1n) is 15.1. The first kappa shape index (κ1) is 32.7. The summed E-state index contributed by atoms with van der Waals surface area (Å²) in [5.41, 5.74) is 1.48.